The highest BCUT2D eigenvalue weighted by Crippen LogP contribution is 1.83. The van der Waals surface area contributed by atoms with Gasteiger partial charge in [-0.05, 0) is 0 Å². The van der Waals surface area contributed by atoms with Crippen molar-refractivity contribution in [3.05, 3.63) is 0 Å². The van der Waals surface area contributed by atoms with Crippen LogP contribution in [0.15, 0.2) is 0 Å². The number of nitrogens with one attached hydrogen (secondary N) is 2. The summed E-state index contributed by atoms with van der Waals surface area (Å²) in [5.41, 5.74) is 0. The second-order valence-electron chi connectivity index (χ2n) is 1.52. The normalized spacial score (nSPS) is 26.5. The number of carbonyl (C=O) groups excluding carboxylic acids is 2. The second-order valence-corrected chi connectivity index (χ2v) is 1.52. The summed E-state index contributed by atoms with van der Waals surface area (Å²) in [4.78, 5) is 20.0. The largest absolute Gasteiger partial charge is 0.336 e. The van der Waals surface area contributed by atoms with Gasteiger partial charge in [0.1, 0.15) is 6.04 Å². The Morgan fingerprint density at radius 3 is 2.75 bits per heavy atom. The van der Waals surface area contributed by atoms with Crippen LogP contribution < -0.4 is 10.6 Å². The van der Waals surface area contributed by atoms with E-state index < -0.39 is 6.04 Å². The number of hydrogen-bond donors (Lipinski definition) is 2. The smallest absolute Gasteiger partial charge is 0.315 e. The lowest BCUT2D eigenvalue weighted by molar-refractivity contribution is 0.248. The van der Waals surface area contributed by atoms with Crippen LogP contribution in [0.5, 0.6) is 0 Å². The zero-order valence-corrected chi connectivity index (χ0v) is 4.10. The van der Waals surface area contributed by atoms with Gasteiger partial charge in [0.15, 0.2) is 0 Å². The molecular weight excluding hydrogens is 108 g/mol. The molecule has 0 aliphatic carbocycles. The van der Waals surface area contributed by atoms with Crippen molar-refractivity contribution in [2.75, 3.05) is 6.54 Å². The molecule has 0 aromatic carbocycles. The molecule has 8 heavy (non-hydrogen) atoms. The van der Waals surface area contributed by atoms with E-state index in [1.54, 1.807) is 6.29 Å². The first-order chi connectivity index (χ1) is 3.83. The predicted octanol–water partition coefficient (Wildman–Crippen LogP) is -1.22. The van der Waals surface area contributed by atoms with E-state index in [4.69, 9.17) is 0 Å². The van der Waals surface area contributed by atoms with Gasteiger partial charge in [0.2, 0.25) is 6.29 Å². The third-order valence-corrected chi connectivity index (χ3v) is 0.914. The molecule has 0 bridgehead atoms. The molecule has 2 N–H and O–H groups in total. The summed E-state index contributed by atoms with van der Waals surface area (Å²) in [6.07, 6.45) is 1.65. The molecule has 1 fully saturated rings. The fourth-order valence-electron chi connectivity index (χ4n) is 0.526. The molecule has 43 valence electrons. The highest BCUT2D eigenvalue weighted by atomic mass is 16.2. The summed E-state index contributed by atoms with van der Waals surface area (Å²) in [6, 6.07) is -0.735. The number of urea groups is 1. The number of rotatable bonds is 1. The first-order valence-electron chi connectivity index (χ1n) is 2.25. The van der Waals surface area contributed by atoms with Gasteiger partial charge >= 0.3 is 6.03 Å². The summed E-state index contributed by atoms with van der Waals surface area (Å²) in [5, 5.41) is 4.74. The zero-order valence-electron chi connectivity index (χ0n) is 4.10. The first kappa shape index (κ1) is 5.08. The van der Waals surface area contributed by atoms with Crippen LogP contribution in [0.25, 0.3) is 0 Å². The lowest BCUT2D eigenvalue weighted by Crippen LogP contribution is -2.27. The van der Waals surface area contributed by atoms with E-state index in [9.17, 15) is 9.59 Å². The van der Waals surface area contributed by atoms with Crippen LogP contribution in [-0.4, -0.2) is 24.9 Å². The molecule has 1 aliphatic heterocycles. The Balaban J connectivity index is 2.43. The molecule has 4 heteroatoms. The monoisotopic (exact) mass is 113 g/mol. The molecular formula is C4H5N2O2. The van der Waals surface area contributed by atoms with Gasteiger partial charge in [0, 0.05) is 6.54 Å². The van der Waals surface area contributed by atoms with Gasteiger partial charge in [0.05, 0.1) is 0 Å². The minimum absolute atomic E-state index is 0.293. The molecule has 1 saturated heterocycles. The summed E-state index contributed by atoms with van der Waals surface area (Å²) in [6.45, 7) is 0.363. The average Bonchev–Trinajstić information content (AvgIpc) is 2.14. The van der Waals surface area contributed by atoms with E-state index in [0.29, 0.717) is 6.54 Å². The Hall–Kier alpha value is -1.06. The Kier molecular flexibility index (Phi) is 1.15. The lowest BCUT2D eigenvalue weighted by atomic mass is 10.4. The van der Waals surface area contributed by atoms with Gasteiger partial charge in [-0.2, -0.15) is 0 Å². The molecule has 0 saturated carbocycles. The van der Waals surface area contributed by atoms with E-state index in [-0.39, 0.29) is 6.03 Å². The molecule has 1 aliphatic rings. The highest BCUT2D eigenvalue weighted by Gasteiger charge is 2.18. The summed E-state index contributed by atoms with van der Waals surface area (Å²) in [7, 11) is 0. The topological polar surface area (TPSA) is 58.2 Å². The van der Waals surface area contributed by atoms with Crippen molar-refractivity contribution in [3.63, 3.8) is 0 Å². The van der Waals surface area contributed by atoms with Crippen LogP contribution in [0.3, 0.4) is 0 Å². The van der Waals surface area contributed by atoms with Crippen molar-refractivity contribution in [2.24, 2.45) is 0 Å². The van der Waals surface area contributed by atoms with Gasteiger partial charge in [-0.3, -0.25) is 4.79 Å². The maximum absolute atomic E-state index is 10.2. The average molecular weight is 113 g/mol. The Labute approximate surface area is 46.3 Å². The van der Waals surface area contributed by atoms with Crippen LogP contribution in [0.1, 0.15) is 0 Å². The molecule has 0 aromatic rings. The van der Waals surface area contributed by atoms with Gasteiger partial charge in [0.25, 0.3) is 0 Å². The molecule has 0 aromatic heterocycles. The van der Waals surface area contributed by atoms with Crippen molar-refractivity contribution < 1.29 is 9.59 Å². The minimum atomic E-state index is -0.442. The van der Waals surface area contributed by atoms with Gasteiger partial charge in [-0.15, -0.1) is 0 Å². The van der Waals surface area contributed by atoms with Gasteiger partial charge in [-0.1, -0.05) is 0 Å². The van der Waals surface area contributed by atoms with Crippen LogP contribution in [0, 0.1) is 0 Å². The van der Waals surface area contributed by atoms with Crippen molar-refractivity contribution in [1.82, 2.24) is 10.6 Å². The third-order valence-electron chi connectivity index (χ3n) is 0.914. The molecule has 4 nitrogen and oxygen atoms in total. The van der Waals surface area contributed by atoms with E-state index in [1.165, 1.54) is 0 Å². The SMILES string of the molecule is O=[C]C1CNC(=O)N1. The number of carbonyl (C=O) groups is 1. The quantitative estimate of drug-likeness (QED) is 0.447. The zero-order chi connectivity index (χ0) is 5.98. The molecule has 1 radical (unpaired) electrons. The van der Waals surface area contributed by atoms with Gasteiger partial charge < -0.3 is 10.6 Å². The van der Waals surface area contributed by atoms with Gasteiger partial charge in [-0.25, -0.2) is 4.79 Å². The molecule has 0 spiro atoms. The van der Waals surface area contributed by atoms with Crippen LogP contribution in [0.4, 0.5) is 4.79 Å². The van der Waals surface area contributed by atoms with E-state index in [1.807, 2.05) is 0 Å². The maximum Gasteiger partial charge on any atom is 0.315 e. The number of amides is 2. The Morgan fingerprint density at radius 1 is 1.75 bits per heavy atom. The molecule has 2 amide bonds. The molecule has 1 unspecified atom stereocenters. The fraction of sp³-hybridized carbons (Fsp3) is 0.500. The van der Waals surface area contributed by atoms with E-state index >= 15 is 0 Å². The highest BCUT2D eigenvalue weighted by molar-refractivity contribution is 5.81. The third kappa shape index (κ3) is 0.776. The lowest BCUT2D eigenvalue weighted by Gasteiger charge is -1.90. The fourth-order valence-corrected chi connectivity index (χ4v) is 0.526. The van der Waals surface area contributed by atoms with E-state index in [0.717, 1.165) is 0 Å². The predicted molar refractivity (Wildman–Crippen MR) is 26.0 cm³/mol. The van der Waals surface area contributed by atoms with Crippen molar-refractivity contribution in [2.45, 2.75) is 6.04 Å². The summed E-state index contributed by atoms with van der Waals surface area (Å²) in [5.74, 6) is 0. The molecule has 1 atom stereocenters. The van der Waals surface area contributed by atoms with Crippen molar-refractivity contribution >= 4 is 12.3 Å². The van der Waals surface area contributed by atoms with E-state index in [2.05, 4.69) is 10.6 Å². The molecule has 1 rings (SSSR count). The Morgan fingerprint density at radius 2 is 2.50 bits per heavy atom. The van der Waals surface area contributed by atoms with Crippen LogP contribution in [-0.2, 0) is 4.79 Å². The van der Waals surface area contributed by atoms with Crippen molar-refractivity contribution in [1.29, 1.82) is 0 Å². The van der Waals surface area contributed by atoms with Crippen LogP contribution in [0.2, 0.25) is 0 Å². The summed E-state index contributed by atoms with van der Waals surface area (Å²) < 4.78 is 0. The standard InChI is InChI=1S/C4H5N2O2/c7-2-3-1-5-4(8)6-3/h3H,1H2,(H2,5,6,8). The van der Waals surface area contributed by atoms with Crippen LogP contribution >= 0.6 is 0 Å². The first-order valence-corrected chi connectivity index (χ1v) is 2.25. The molecule has 1 heterocycles. The summed E-state index contributed by atoms with van der Waals surface area (Å²) >= 11 is 0. The second kappa shape index (κ2) is 1.81. The van der Waals surface area contributed by atoms with Crippen molar-refractivity contribution in [3.8, 4) is 0 Å². The number of hydrogen-bond acceptors (Lipinski definition) is 2. The Bertz CT molecular complexity index is 123. The maximum atomic E-state index is 10.2. The minimum Gasteiger partial charge on any atom is -0.336 e.